The molecule has 0 saturated heterocycles. The smallest absolute Gasteiger partial charge is 0.257 e. The Hall–Kier alpha value is -6.46. The van der Waals surface area contributed by atoms with E-state index in [-0.39, 0.29) is 50.0 Å². The predicted octanol–water partition coefficient (Wildman–Crippen LogP) is 19.0. The van der Waals surface area contributed by atoms with Crippen molar-refractivity contribution in [2.75, 3.05) is 14.7 Å². The second-order valence-electron chi connectivity index (χ2n) is 31.0. The van der Waals surface area contributed by atoms with Crippen molar-refractivity contribution >= 4 is 85.5 Å². The molecule has 4 aliphatic carbocycles. The van der Waals surface area contributed by atoms with Gasteiger partial charge in [-0.1, -0.05) is 165 Å². The normalized spacial score (nSPS) is 22.3. The fourth-order valence-electron chi connectivity index (χ4n) is 16.2. The molecule has 0 N–H and O–H groups in total. The van der Waals surface area contributed by atoms with E-state index in [1.54, 1.807) is 0 Å². The molecule has 1 saturated carbocycles. The molecule has 8 aromatic rings. The van der Waals surface area contributed by atoms with Crippen LogP contribution in [0.3, 0.4) is 0 Å². The largest absolute Gasteiger partial charge is 0.440 e. The van der Waals surface area contributed by atoms with Gasteiger partial charge < -0.3 is 14.2 Å². The Morgan fingerprint density at radius 2 is 0.925 bits per heavy atom. The number of hydrogen-bond donors (Lipinski definition) is 0. The van der Waals surface area contributed by atoms with Crippen molar-refractivity contribution in [2.45, 2.75) is 199 Å². The van der Waals surface area contributed by atoms with Gasteiger partial charge in [-0.2, -0.15) is 0 Å². The van der Waals surface area contributed by atoms with E-state index in [1.807, 2.05) is 0 Å². The summed E-state index contributed by atoms with van der Waals surface area (Å²) in [5, 5.41) is 1.27. The molecule has 14 rings (SSSR count). The first-order valence-electron chi connectivity index (χ1n) is 30.4. The second-order valence-corrected chi connectivity index (χ2v) is 31.0. The molecule has 5 heteroatoms. The summed E-state index contributed by atoms with van der Waals surface area (Å²) >= 11 is 0. The number of fused-ring (bicyclic) bond motifs is 13. The Morgan fingerprint density at radius 3 is 1.48 bits per heavy atom. The Morgan fingerprint density at radius 1 is 0.425 bits per heavy atom. The van der Waals surface area contributed by atoms with Crippen LogP contribution < -0.4 is 31.1 Å². The molecular formula is C75H84BN3O. The second kappa shape index (κ2) is 16.6. The van der Waals surface area contributed by atoms with Crippen LogP contribution in [0.5, 0.6) is 0 Å². The molecule has 2 unspecified atom stereocenters. The minimum absolute atomic E-state index is 0.00218. The summed E-state index contributed by atoms with van der Waals surface area (Å²) in [5.74, 6) is 0.951. The summed E-state index contributed by atoms with van der Waals surface area (Å²) in [5.41, 5.74) is 26.1. The zero-order chi connectivity index (χ0) is 56.2. The summed E-state index contributed by atoms with van der Waals surface area (Å²) in [4.78, 5) is 7.80. The first kappa shape index (κ1) is 51.7. The average molecular weight is 1050 g/mol. The van der Waals surface area contributed by atoms with Crippen molar-refractivity contribution < 1.29 is 4.42 Å². The van der Waals surface area contributed by atoms with Crippen molar-refractivity contribution in [2.24, 2.45) is 0 Å². The van der Waals surface area contributed by atoms with Gasteiger partial charge in [0.2, 0.25) is 5.88 Å². The Balaban J connectivity index is 1.17. The molecular weight excluding hydrogens is 970 g/mol. The number of furan rings is 1. The van der Waals surface area contributed by atoms with E-state index in [1.165, 1.54) is 115 Å². The molecule has 0 spiro atoms. The lowest BCUT2D eigenvalue weighted by atomic mass is 9.33. The molecule has 1 aromatic heterocycles. The fraction of sp³-hybridized carbons (Fsp3) is 0.413. The number of anilines is 9. The molecule has 2 bridgehead atoms. The van der Waals surface area contributed by atoms with Crippen molar-refractivity contribution in [3.8, 4) is 0 Å². The molecule has 0 radical (unpaired) electrons. The van der Waals surface area contributed by atoms with E-state index >= 15 is 0 Å². The third-order valence-corrected chi connectivity index (χ3v) is 21.4. The van der Waals surface area contributed by atoms with Crippen LogP contribution in [-0.2, 0) is 43.3 Å². The van der Waals surface area contributed by atoms with Crippen LogP contribution >= 0.6 is 0 Å². The van der Waals surface area contributed by atoms with Crippen LogP contribution in [0.25, 0.3) is 11.0 Å². The van der Waals surface area contributed by atoms with Crippen molar-refractivity contribution in [1.29, 1.82) is 0 Å². The van der Waals surface area contributed by atoms with Crippen molar-refractivity contribution in [3.05, 3.63) is 178 Å². The molecule has 3 heterocycles. The van der Waals surface area contributed by atoms with Crippen LogP contribution in [0, 0.1) is 0 Å². The lowest BCUT2D eigenvalue weighted by Crippen LogP contribution is -2.61. The maximum Gasteiger partial charge on any atom is 0.257 e. The fourth-order valence-corrected chi connectivity index (χ4v) is 16.2. The predicted molar refractivity (Wildman–Crippen MR) is 341 cm³/mol. The average Bonchev–Trinajstić information content (AvgIpc) is 1.74. The Kier molecular flexibility index (Phi) is 10.7. The van der Waals surface area contributed by atoms with Crippen LogP contribution in [0.2, 0.25) is 0 Å². The minimum atomic E-state index is -0.123. The maximum atomic E-state index is 7.85. The van der Waals surface area contributed by atoms with E-state index in [2.05, 4.69) is 259 Å². The summed E-state index contributed by atoms with van der Waals surface area (Å²) in [6.45, 7) is 39.1. The van der Waals surface area contributed by atoms with Gasteiger partial charge in [-0.15, -0.1) is 0 Å². The molecule has 80 heavy (non-hydrogen) atoms. The molecule has 408 valence electrons. The SMILES string of the molecule is CC(C)(C)c1cc(N2c3cc4c(cc3B3c5c2cc(N(c2ccccc2)c2ccccc2)cc5N(c2ccc5c(c2)C(C)(C)CCC5(C)C)c2oc5cc6c(cc5c23)C2(C)CCC6(C)C2)C(C)(C)CCC4(C)C)cc(C(C)(C)C)c1. The van der Waals surface area contributed by atoms with Gasteiger partial charge in [-0.3, -0.25) is 4.90 Å². The van der Waals surface area contributed by atoms with E-state index in [0.29, 0.717) is 0 Å². The van der Waals surface area contributed by atoms with E-state index in [0.717, 1.165) is 53.5 Å². The Bertz CT molecular complexity index is 3830. The topological polar surface area (TPSA) is 22.9 Å². The maximum absolute atomic E-state index is 7.85. The van der Waals surface area contributed by atoms with Crippen LogP contribution in [0.4, 0.5) is 51.4 Å². The number of rotatable bonds is 5. The molecule has 0 amide bonds. The van der Waals surface area contributed by atoms with E-state index in [4.69, 9.17) is 4.42 Å². The molecule has 6 aliphatic rings. The van der Waals surface area contributed by atoms with E-state index < -0.39 is 0 Å². The summed E-state index contributed by atoms with van der Waals surface area (Å²) in [6, 6.07) is 52.7. The van der Waals surface area contributed by atoms with Gasteiger partial charge in [0, 0.05) is 50.7 Å². The van der Waals surface area contributed by atoms with Gasteiger partial charge in [0.15, 0.2) is 0 Å². The van der Waals surface area contributed by atoms with Crippen LogP contribution in [0.1, 0.15) is 200 Å². The number of benzene rings is 7. The third kappa shape index (κ3) is 7.52. The highest BCUT2D eigenvalue weighted by molar-refractivity contribution is 7.01. The quantitative estimate of drug-likeness (QED) is 0.160. The monoisotopic (exact) mass is 1050 g/mol. The molecule has 4 nitrogen and oxygen atoms in total. The third-order valence-electron chi connectivity index (χ3n) is 21.4. The molecule has 1 fully saturated rings. The van der Waals surface area contributed by atoms with Gasteiger partial charge in [-0.05, 0) is 223 Å². The molecule has 2 atom stereocenters. The van der Waals surface area contributed by atoms with Crippen molar-refractivity contribution in [3.63, 3.8) is 0 Å². The highest BCUT2D eigenvalue weighted by atomic mass is 16.4. The van der Waals surface area contributed by atoms with Crippen LogP contribution in [-0.4, -0.2) is 6.71 Å². The molecule has 2 aliphatic heterocycles. The number of nitrogens with zero attached hydrogens (tertiary/aromatic N) is 3. The van der Waals surface area contributed by atoms with Gasteiger partial charge in [-0.25, -0.2) is 0 Å². The van der Waals surface area contributed by atoms with Gasteiger partial charge in [0.05, 0.1) is 5.69 Å². The first-order valence-corrected chi connectivity index (χ1v) is 30.4. The van der Waals surface area contributed by atoms with Gasteiger partial charge in [0.25, 0.3) is 6.71 Å². The lowest BCUT2D eigenvalue weighted by molar-refractivity contribution is 0.332. The summed E-state index contributed by atoms with van der Waals surface area (Å²) in [6.07, 6.45) is 8.24. The summed E-state index contributed by atoms with van der Waals surface area (Å²) in [7, 11) is 0. The van der Waals surface area contributed by atoms with Crippen molar-refractivity contribution in [1.82, 2.24) is 0 Å². The minimum Gasteiger partial charge on any atom is -0.440 e. The number of hydrogen-bond acceptors (Lipinski definition) is 4. The first-order chi connectivity index (χ1) is 37.6. The summed E-state index contributed by atoms with van der Waals surface area (Å²) < 4.78 is 7.85. The number of para-hydroxylation sites is 2. The highest BCUT2D eigenvalue weighted by Gasteiger charge is 2.55. The van der Waals surface area contributed by atoms with E-state index in [9.17, 15) is 0 Å². The van der Waals surface area contributed by atoms with Gasteiger partial charge >= 0.3 is 0 Å². The standard InChI is InChI=1S/C75H84BN3O/c1-68(2,3)46-35-47(69(4,5)6)37-51(36-46)78-61-43-57-56(72(11,12)31-32-73(57,13)14)42-60(61)76-65-53-41-58-59(75(16)34-33-74(58,15)45-75)44-64(53)80-67(65)79(50-27-28-54-55(38-50)71(9,10)30-29-70(54,7)8)63-40-52(39-62(78)66(63)76)77(48-23-19-17-20-24-48)49-25-21-18-22-26-49/h17-28,35-44H,29-34,45H2,1-16H3. The van der Waals surface area contributed by atoms with Gasteiger partial charge in [0.1, 0.15) is 5.58 Å². The zero-order valence-corrected chi connectivity index (χ0v) is 51.0. The molecule has 7 aromatic carbocycles. The zero-order valence-electron chi connectivity index (χ0n) is 51.0. The Labute approximate surface area is 479 Å². The highest BCUT2D eigenvalue weighted by Crippen LogP contribution is 2.62. The van der Waals surface area contributed by atoms with Crippen LogP contribution in [0.15, 0.2) is 138 Å². The lowest BCUT2D eigenvalue weighted by Gasteiger charge is -2.47.